The Kier molecular flexibility index (Phi) is 12.7. The lowest BCUT2D eigenvalue weighted by atomic mass is 9.77. The third kappa shape index (κ3) is 9.65. The maximum Gasteiger partial charge on any atom is 0.0155 e. The molecule has 0 spiro atoms. The summed E-state index contributed by atoms with van der Waals surface area (Å²) in [6.07, 6.45) is 2.01. The molecule has 0 aromatic heterocycles. The molecule has 66 heavy (non-hydrogen) atoms. The van der Waals surface area contributed by atoms with Gasteiger partial charge >= 0.3 is 0 Å². The number of aryl methyl sites for hydroxylation is 1. The molecule has 0 amide bonds. The van der Waals surface area contributed by atoms with Gasteiger partial charge in [-0.3, -0.25) is 0 Å². The van der Waals surface area contributed by atoms with E-state index in [2.05, 4.69) is 274 Å². The van der Waals surface area contributed by atoms with Crippen molar-refractivity contribution in [2.75, 3.05) is 0 Å². The molecule has 1 unspecified atom stereocenters. The summed E-state index contributed by atoms with van der Waals surface area (Å²) in [7, 11) is 0. The molecule has 0 aliphatic rings. The van der Waals surface area contributed by atoms with Gasteiger partial charge in [-0.1, -0.05) is 274 Å². The molecule has 0 fully saturated rings. The molecular weight excluding hydrogens is 793 g/mol. The van der Waals surface area contributed by atoms with Gasteiger partial charge in [0.1, 0.15) is 0 Å². The van der Waals surface area contributed by atoms with Crippen molar-refractivity contribution in [1.29, 1.82) is 0 Å². The first kappa shape index (κ1) is 42.2. The number of rotatable bonds is 14. The van der Waals surface area contributed by atoms with Gasteiger partial charge in [0.05, 0.1) is 0 Å². The van der Waals surface area contributed by atoms with Crippen LogP contribution in [-0.4, -0.2) is 0 Å². The highest BCUT2D eigenvalue weighted by molar-refractivity contribution is 5.68. The monoisotopic (exact) mass is 846 g/mol. The molecule has 0 heterocycles. The molecule has 0 bridgehead atoms. The summed E-state index contributed by atoms with van der Waals surface area (Å²) in [5, 5.41) is 0. The van der Waals surface area contributed by atoms with Crippen molar-refractivity contribution in [3.8, 4) is 55.6 Å². The number of hydrogen-bond acceptors (Lipinski definition) is 0. The summed E-state index contributed by atoms with van der Waals surface area (Å²) in [6, 6.07) is 98.1. The van der Waals surface area contributed by atoms with Gasteiger partial charge in [-0.15, -0.1) is 0 Å². The minimum absolute atomic E-state index is 0.192. The maximum atomic E-state index is 2.38. The summed E-state index contributed by atoms with van der Waals surface area (Å²) < 4.78 is 0. The lowest BCUT2D eigenvalue weighted by Gasteiger charge is -2.26. The molecule has 10 rings (SSSR count). The second-order valence-corrected chi connectivity index (χ2v) is 17.6. The van der Waals surface area contributed by atoms with Crippen LogP contribution in [0, 0.1) is 0 Å². The van der Waals surface area contributed by atoms with E-state index in [1.165, 1.54) is 89.0 Å². The van der Waals surface area contributed by atoms with Crippen LogP contribution >= 0.6 is 0 Å². The van der Waals surface area contributed by atoms with Gasteiger partial charge < -0.3 is 0 Å². The minimum atomic E-state index is 0.192. The topological polar surface area (TPSA) is 0 Å². The van der Waals surface area contributed by atoms with Crippen LogP contribution in [0.5, 0.6) is 0 Å². The van der Waals surface area contributed by atoms with Gasteiger partial charge in [-0.2, -0.15) is 0 Å². The molecule has 318 valence electrons. The molecule has 0 nitrogen and oxygen atoms in total. The maximum absolute atomic E-state index is 2.38. The van der Waals surface area contributed by atoms with E-state index in [1.807, 2.05) is 0 Å². The van der Waals surface area contributed by atoms with Crippen LogP contribution in [-0.2, 0) is 6.42 Å². The second kappa shape index (κ2) is 19.9. The summed E-state index contributed by atoms with van der Waals surface area (Å²) in [5.74, 6) is 0.724. The van der Waals surface area contributed by atoms with Gasteiger partial charge in [-0.05, 0) is 108 Å². The number of benzene rings is 10. The Morgan fingerprint density at radius 2 is 0.485 bits per heavy atom. The minimum Gasteiger partial charge on any atom is -0.0622 e. The zero-order valence-corrected chi connectivity index (χ0v) is 37.5. The van der Waals surface area contributed by atoms with Crippen molar-refractivity contribution in [1.82, 2.24) is 0 Å². The van der Waals surface area contributed by atoms with E-state index in [9.17, 15) is 0 Å². The van der Waals surface area contributed by atoms with Crippen LogP contribution in [0.25, 0.3) is 55.6 Å². The zero-order valence-electron chi connectivity index (χ0n) is 37.5. The lowest BCUT2D eigenvalue weighted by molar-refractivity contribution is 0.658. The summed E-state index contributed by atoms with van der Waals surface area (Å²) in [6.45, 7) is 2.38. The highest BCUT2D eigenvalue weighted by Gasteiger charge is 2.24. The molecule has 0 aliphatic heterocycles. The molecular formula is C66H54. The van der Waals surface area contributed by atoms with Crippen molar-refractivity contribution in [2.45, 2.75) is 37.5 Å². The standard InChI is InChI=1S/C66H54/c1-48(66(63-43-35-58(36-44-63)53-18-10-4-11-19-53)64-45-37-59(38-46-64)54-20-12-5-13-21-54)50-27-29-60(30-28-50)55-25-22-49(23-26-55)24-47-65(61-39-31-56(32-40-61)51-14-6-2-7-15-51)62-41-33-57(34-42-62)52-16-8-3-9-17-52/h2-23,25-46,48,65-66H,24,47H2,1H3. The van der Waals surface area contributed by atoms with E-state index >= 15 is 0 Å². The quantitative estimate of drug-likeness (QED) is 0.102. The van der Waals surface area contributed by atoms with E-state index in [0.717, 1.165) is 12.8 Å². The van der Waals surface area contributed by atoms with Crippen molar-refractivity contribution in [2.24, 2.45) is 0 Å². The Hall–Kier alpha value is -7.80. The Bertz CT molecular complexity index is 2880. The van der Waals surface area contributed by atoms with Crippen LogP contribution in [0.4, 0.5) is 0 Å². The first-order chi connectivity index (χ1) is 32.6. The third-order valence-corrected chi connectivity index (χ3v) is 13.5. The predicted octanol–water partition coefficient (Wildman–Crippen LogP) is 17.7. The van der Waals surface area contributed by atoms with Gasteiger partial charge in [0.2, 0.25) is 0 Å². The fourth-order valence-electron chi connectivity index (χ4n) is 9.75. The molecule has 0 aliphatic carbocycles. The van der Waals surface area contributed by atoms with Crippen molar-refractivity contribution >= 4 is 0 Å². The Labute approximate surface area is 391 Å². The average molecular weight is 847 g/mol. The molecule has 10 aromatic carbocycles. The third-order valence-electron chi connectivity index (χ3n) is 13.5. The number of hydrogen-bond donors (Lipinski definition) is 0. The Morgan fingerprint density at radius 3 is 0.788 bits per heavy atom. The fraction of sp³-hybridized carbons (Fsp3) is 0.0909. The van der Waals surface area contributed by atoms with Crippen LogP contribution in [0.15, 0.2) is 267 Å². The van der Waals surface area contributed by atoms with Crippen LogP contribution in [0.2, 0.25) is 0 Å². The SMILES string of the molecule is CC(c1ccc(-c2ccc(CCC(c3ccc(-c4ccccc4)cc3)c3ccc(-c4ccccc4)cc3)cc2)cc1)C(c1ccc(-c2ccccc2)cc1)c1ccc(-c2ccccc2)cc1. The Balaban J connectivity index is 0.869. The van der Waals surface area contributed by atoms with Crippen molar-refractivity contribution in [3.63, 3.8) is 0 Å². The van der Waals surface area contributed by atoms with Crippen LogP contribution < -0.4 is 0 Å². The molecule has 0 N–H and O–H groups in total. The molecule has 0 saturated carbocycles. The van der Waals surface area contributed by atoms with Gasteiger partial charge in [0.25, 0.3) is 0 Å². The smallest absolute Gasteiger partial charge is 0.0155 e. The van der Waals surface area contributed by atoms with E-state index in [0.29, 0.717) is 0 Å². The van der Waals surface area contributed by atoms with Crippen LogP contribution in [0.1, 0.15) is 64.5 Å². The normalized spacial score (nSPS) is 11.7. The predicted molar refractivity (Wildman–Crippen MR) is 280 cm³/mol. The van der Waals surface area contributed by atoms with Crippen LogP contribution in [0.3, 0.4) is 0 Å². The first-order valence-electron chi connectivity index (χ1n) is 23.4. The Morgan fingerprint density at radius 1 is 0.242 bits per heavy atom. The summed E-state index contributed by atoms with van der Waals surface area (Å²) in [4.78, 5) is 0. The largest absolute Gasteiger partial charge is 0.0622 e. The van der Waals surface area contributed by atoms with Gasteiger partial charge in [0.15, 0.2) is 0 Å². The highest BCUT2D eigenvalue weighted by Crippen LogP contribution is 2.41. The van der Waals surface area contributed by atoms with Gasteiger partial charge in [0, 0.05) is 11.8 Å². The fourth-order valence-corrected chi connectivity index (χ4v) is 9.75. The molecule has 10 aromatic rings. The highest BCUT2D eigenvalue weighted by atomic mass is 14.3. The van der Waals surface area contributed by atoms with E-state index in [-0.39, 0.29) is 17.8 Å². The molecule has 1 atom stereocenters. The summed E-state index contributed by atoms with van der Waals surface area (Å²) >= 11 is 0. The molecule has 0 saturated heterocycles. The summed E-state index contributed by atoms with van der Waals surface area (Å²) in [5.41, 5.74) is 20.5. The van der Waals surface area contributed by atoms with E-state index in [1.54, 1.807) is 0 Å². The second-order valence-electron chi connectivity index (χ2n) is 17.6. The van der Waals surface area contributed by atoms with Crippen molar-refractivity contribution in [3.05, 3.63) is 300 Å². The van der Waals surface area contributed by atoms with Crippen molar-refractivity contribution < 1.29 is 0 Å². The average Bonchev–Trinajstić information content (AvgIpc) is 3.41. The van der Waals surface area contributed by atoms with E-state index < -0.39 is 0 Å². The molecule has 0 heteroatoms. The van der Waals surface area contributed by atoms with E-state index in [4.69, 9.17) is 0 Å². The van der Waals surface area contributed by atoms with Gasteiger partial charge in [-0.25, -0.2) is 0 Å². The first-order valence-corrected chi connectivity index (χ1v) is 23.4. The lowest BCUT2D eigenvalue weighted by Crippen LogP contribution is -2.10. The molecule has 0 radical (unpaired) electrons. The zero-order chi connectivity index (χ0) is 44.5.